The Labute approximate surface area is 131 Å². The standard InChI is InChI=1S/C13H25N2O6P/c1-7-9-22(19,20-8-2)21-11(13(18)15(5)6)10(16)12(17)14(3)4/h7,9-11,16H,8H2,1-6H3/b9-7-/t10-,11-,22?/m1/s1. The first-order chi connectivity index (χ1) is 10.1. The molecule has 0 aromatic rings. The summed E-state index contributed by atoms with van der Waals surface area (Å²) >= 11 is 0. The van der Waals surface area contributed by atoms with Crippen LogP contribution in [0, 0.1) is 0 Å². The second-order valence-corrected chi connectivity index (χ2v) is 6.72. The Bertz CT molecular complexity index is 463. The topological polar surface area (TPSA) is 96.4 Å². The number of hydrogen-bond donors (Lipinski definition) is 1. The Morgan fingerprint density at radius 3 is 2.05 bits per heavy atom. The third-order valence-electron chi connectivity index (χ3n) is 2.57. The van der Waals surface area contributed by atoms with Crippen molar-refractivity contribution in [3.63, 3.8) is 0 Å². The number of amides is 2. The molecule has 0 aliphatic rings. The molecule has 0 bridgehead atoms. The predicted molar refractivity (Wildman–Crippen MR) is 82.3 cm³/mol. The van der Waals surface area contributed by atoms with Gasteiger partial charge in [-0.1, -0.05) is 6.08 Å². The Morgan fingerprint density at radius 1 is 1.18 bits per heavy atom. The van der Waals surface area contributed by atoms with Gasteiger partial charge < -0.3 is 19.4 Å². The van der Waals surface area contributed by atoms with Crippen LogP contribution in [0.5, 0.6) is 0 Å². The summed E-state index contributed by atoms with van der Waals surface area (Å²) in [6.45, 7) is 3.31. The highest BCUT2D eigenvalue weighted by Gasteiger charge is 2.40. The molecule has 9 heteroatoms. The summed E-state index contributed by atoms with van der Waals surface area (Å²) in [6.07, 6.45) is -1.96. The normalized spacial score (nSPS) is 16.9. The zero-order valence-corrected chi connectivity index (χ0v) is 14.7. The molecule has 3 atom stereocenters. The van der Waals surface area contributed by atoms with Gasteiger partial charge in [-0.05, 0) is 13.8 Å². The first-order valence-corrected chi connectivity index (χ1v) is 8.37. The molecule has 0 aromatic heterocycles. The van der Waals surface area contributed by atoms with Crippen molar-refractivity contribution in [2.75, 3.05) is 34.8 Å². The van der Waals surface area contributed by atoms with Crippen LogP contribution in [0.2, 0.25) is 0 Å². The highest BCUT2D eigenvalue weighted by Crippen LogP contribution is 2.51. The molecule has 22 heavy (non-hydrogen) atoms. The van der Waals surface area contributed by atoms with Gasteiger partial charge in [-0.2, -0.15) is 0 Å². The van der Waals surface area contributed by atoms with E-state index in [9.17, 15) is 19.3 Å². The number of likely N-dealkylation sites (N-methyl/N-ethyl adjacent to an activating group) is 2. The van der Waals surface area contributed by atoms with Crippen LogP contribution in [0.25, 0.3) is 0 Å². The van der Waals surface area contributed by atoms with E-state index in [-0.39, 0.29) is 6.61 Å². The number of nitrogens with zero attached hydrogens (tertiary/aromatic N) is 2. The zero-order valence-electron chi connectivity index (χ0n) is 13.8. The SMILES string of the molecule is C/C=C\P(=O)(OCC)O[C@@H](C(=O)N(C)C)[C@@H](O)C(=O)N(C)C. The van der Waals surface area contributed by atoms with Crippen molar-refractivity contribution in [1.29, 1.82) is 0 Å². The smallest absolute Gasteiger partial charge is 0.354 e. The summed E-state index contributed by atoms with van der Waals surface area (Å²) in [5, 5.41) is 10.1. The minimum absolute atomic E-state index is 0.0855. The van der Waals surface area contributed by atoms with Crippen LogP contribution >= 0.6 is 7.60 Å². The van der Waals surface area contributed by atoms with Gasteiger partial charge in [0.1, 0.15) is 0 Å². The maximum atomic E-state index is 12.5. The van der Waals surface area contributed by atoms with Crippen molar-refractivity contribution < 1.29 is 28.3 Å². The predicted octanol–water partition coefficient (Wildman–Crippen LogP) is 0.672. The monoisotopic (exact) mass is 336 g/mol. The van der Waals surface area contributed by atoms with Gasteiger partial charge in [-0.25, -0.2) is 0 Å². The number of rotatable bonds is 8. The maximum absolute atomic E-state index is 12.5. The number of hydrogen-bond acceptors (Lipinski definition) is 6. The quantitative estimate of drug-likeness (QED) is 0.655. The molecule has 0 heterocycles. The van der Waals surface area contributed by atoms with E-state index in [0.29, 0.717) is 0 Å². The second-order valence-electron chi connectivity index (χ2n) is 4.88. The fraction of sp³-hybridized carbons (Fsp3) is 0.692. The van der Waals surface area contributed by atoms with E-state index in [2.05, 4.69) is 0 Å². The third-order valence-corrected chi connectivity index (χ3v) is 4.37. The Morgan fingerprint density at radius 2 is 1.68 bits per heavy atom. The third kappa shape index (κ3) is 5.88. The van der Waals surface area contributed by atoms with Gasteiger partial charge in [0.05, 0.1) is 6.61 Å². The van der Waals surface area contributed by atoms with Crippen LogP contribution in [0.15, 0.2) is 11.9 Å². The summed E-state index contributed by atoms with van der Waals surface area (Å²) in [5.74, 6) is -0.241. The fourth-order valence-electron chi connectivity index (χ4n) is 1.52. The number of aliphatic hydroxyl groups excluding tert-OH is 1. The van der Waals surface area contributed by atoms with Gasteiger partial charge in [0.2, 0.25) is 0 Å². The van der Waals surface area contributed by atoms with Crippen LogP contribution < -0.4 is 0 Å². The van der Waals surface area contributed by atoms with Crippen LogP contribution in [-0.2, 0) is 23.2 Å². The minimum Gasteiger partial charge on any atom is -0.380 e. The van der Waals surface area contributed by atoms with Gasteiger partial charge in [0.25, 0.3) is 11.8 Å². The minimum atomic E-state index is -3.75. The van der Waals surface area contributed by atoms with E-state index in [4.69, 9.17) is 9.05 Å². The molecule has 0 saturated carbocycles. The molecule has 0 saturated heterocycles. The van der Waals surface area contributed by atoms with Crippen LogP contribution in [0.4, 0.5) is 0 Å². The lowest BCUT2D eigenvalue weighted by molar-refractivity contribution is -0.153. The molecule has 0 aromatic carbocycles. The molecule has 1 unspecified atom stereocenters. The van der Waals surface area contributed by atoms with E-state index in [1.54, 1.807) is 13.8 Å². The molecule has 0 radical (unpaired) electrons. The Kier molecular flexibility index (Phi) is 8.55. The highest BCUT2D eigenvalue weighted by molar-refractivity contribution is 7.57. The van der Waals surface area contributed by atoms with E-state index in [1.165, 1.54) is 40.1 Å². The van der Waals surface area contributed by atoms with E-state index in [0.717, 1.165) is 9.80 Å². The van der Waals surface area contributed by atoms with Crippen LogP contribution in [0.3, 0.4) is 0 Å². The molecular formula is C13H25N2O6P. The van der Waals surface area contributed by atoms with Crippen molar-refractivity contribution in [1.82, 2.24) is 9.80 Å². The first kappa shape index (κ1) is 20.8. The molecule has 2 amide bonds. The van der Waals surface area contributed by atoms with Crippen molar-refractivity contribution in [2.24, 2.45) is 0 Å². The second kappa shape index (κ2) is 9.05. The summed E-state index contributed by atoms with van der Waals surface area (Å²) in [5.41, 5.74) is 0. The number of allylic oxidation sites excluding steroid dienone is 1. The molecule has 0 spiro atoms. The van der Waals surface area contributed by atoms with Crippen molar-refractivity contribution in [2.45, 2.75) is 26.1 Å². The van der Waals surface area contributed by atoms with Gasteiger partial charge in [-0.15, -0.1) is 0 Å². The lowest BCUT2D eigenvalue weighted by Crippen LogP contribution is -2.49. The molecule has 0 aliphatic heterocycles. The van der Waals surface area contributed by atoms with E-state index in [1.807, 2.05) is 0 Å². The molecule has 0 aliphatic carbocycles. The maximum Gasteiger partial charge on any atom is 0.354 e. The number of carbonyl (C=O) groups excluding carboxylic acids is 2. The molecular weight excluding hydrogens is 311 g/mol. The Balaban J connectivity index is 5.55. The molecule has 128 valence electrons. The average molecular weight is 336 g/mol. The van der Waals surface area contributed by atoms with Gasteiger partial charge >= 0.3 is 7.60 Å². The highest BCUT2D eigenvalue weighted by atomic mass is 31.2. The number of carbonyl (C=O) groups is 2. The summed E-state index contributed by atoms with van der Waals surface area (Å²) in [6, 6.07) is 0. The lowest BCUT2D eigenvalue weighted by atomic mass is 10.1. The fourth-order valence-corrected chi connectivity index (χ4v) is 2.98. The van der Waals surface area contributed by atoms with Crippen molar-refractivity contribution in [3.05, 3.63) is 11.9 Å². The van der Waals surface area contributed by atoms with E-state index >= 15 is 0 Å². The molecule has 1 N–H and O–H groups in total. The molecule has 0 fully saturated rings. The average Bonchev–Trinajstić information content (AvgIpc) is 2.42. The van der Waals surface area contributed by atoms with Crippen LogP contribution in [0.1, 0.15) is 13.8 Å². The Hall–Kier alpha value is -1.21. The summed E-state index contributed by atoms with van der Waals surface area (Å²) in [4.78, 5) is 26.3. The van der Waals surface area contributed by atoms with Gasteiger partial charge in [0.15, 0.2) is 12.2 Å². The molecule has 0 rings (SSSR count). The van der Waals surface area contributed by atoms with Gasteiger partial charge in [0, 0.05) is 34.0 Å². The van der Waals surface area contributed by atoms with Crippen molar-refractivity contribution in [3.8, 4) is 0 Å². The molecule has 8 nitrogen and oxygen atoms in total. The first-order valence-electron chi connectivity index (χ1n) is 6.76. The van der Waals surface area contributed by atoms with E-state index < -0.39 is 31.6 Å². The summed E-state index contributed by atoms with van der Waals surface area (Å²) in [7, 11) is 1.98. The van der Waals surface area contributed by atoms with Crippen LogP contribution in [-0.4, -0.2) is 73.7 Å². The lowest BCUT2D eigenvalue weighted by Gasteiger charge is -2.28. The zero-order chi connectivity index (χ0) is 17.5. The van der Waals surface area contributed by atoms with Crippen molar-refractivity contribution >= 4 is 19.4 Å². The number of aliphatic hydroxyl groups is 1. The largest absolute Gasteiger partial charge is 0.380 e. The van der Waals surface area contributed by atoms with Gasteiger partial charge in [-0.3, -0.25) is 18.7 Å². The summed E-state index contributed by atoms with van der Waals surface area (Å²) < 4.78 is 22.8.